The van der Waals surface area contributed by atoms with Crippen LogP contribution in [0.25, 0.3) is 0 Å². The molecule has 1 aliphatic carbocycles. The topological polar surface area (TPSA) is 43.1 Å². The number of hydrogen-bond acceptors (Lipinski definition) is 1. The van der Waals surface area contributed by atoms with E-state index < -0.39 is 0 Å². The van der Waals surface area contributed by atoms with Crippen molar-refractivity contribution >= 4 is 5.91 Å². The number of amides is 1. The second kappa shape index (κ2) is 3.34. The molecule has 86 valence electrons. The maximum atomic E-state index is 11.6. The lowest BCUT2D eigenvalue weighted by molar-refractivity contribution is -0.120. The molecule has 0 heterocycles. The highest BCUT2D eigenvalue weighted by Crippen LogP contribution is 2.50. The van der Waals surface area contributed by atoms with Crippen molar-refractivity contribution in [2.24, 2.45) is 5.73 Å². The van der Waals surface area contributed by atoms with Crippen molar-refractivity contribution in [3.05, 3.63) is 35.4 Å². The third-order valence-corrected chi connectivity index (χ3v) is 3.47. The van der Waals surface area contributed by atoms with Gasteiger partial charge in [-0.05, 0) is 29.4 Å². The van der Waals surface area contributed by atoms with E-state index in [0.29, 0.717) is 0 Å². The Labute approximate surface area is 96.8 Å². The van der Waals surface area contributed by atoms with Crippen LogP contribution in [0.3, 0.4) is 0 Å². The molecule has 1 aromatic carbocycles. The number of benzene rings is 1. The van der Waals surface area contributed by atoms with Crippen LogP contribution in [-0.2, 0) is 15.6 Å². The van der Waals surface area contributed by atoms with E-state index in [1.807, 2.05) is 12.1 Å². The van der Waals surface area contributed by atoms with Crippen LogP contribution in [0.2, 0.25) is 0 Å². The fourth-order valence-corrected chi connectivity index (χ4v) is 2.33. The summed E-state index contributed by atoms with van der Waals surface area (Å²) < 4.78 is 0. The van der Waals surface area contributed by atoms with Crippen LogP contribution in [0.4, 0.5) is 0 Å². The van der Waals surface area contributed by atoms with Gasteiger partial charge in [0.1, 0.15) is 0 Å². The maximum Gasteiger partial charge on any atom is 0.228 e. The first-order valence-corrected chi connectivity index (χ1v) is 5.78. The molecule has 16 heavy (non-hydrogen) atoms. The van der Waals surface area contributed by atoms with Crippen LogP contribution >= 0.6 is 0 Å². The standard InChI is InChI=1S/C14H19NO/c1-13(2,3)10-6-4-5-7-11(10)14(8-9-14)12(15)16/h4-7H,8-9H2,1-3H3,(H2,15,16). The molecule has 2 N–H and O–H groups in total. The van der Waals surface area contributed by atoms with Gasteiger partial charge in [-0.1, -0.05) is 45.0 Å². The Morgan fingerprint density at radius 3 is 2.25 bits per heavy atom. The summed E-state index contributed by atoms with van der Waals surface area (Å²) in [5, 5.41) is 0. The number of hydrogen-bond donors (Lipinski definition) is 1. The molecular formula is C14H19NO. The van der Waals surface area contributed by atoms with Crippen molar-refractivity contribution in [3.63, 3.8) is 0 Å². The Balaban J connectivity index is 2.54. The third kappa shape index (κ3) is 1.62. The summed E-state index contributed by atoms with van der Waals surface area (Å²) in [5.74, 6) is -0.177. The van der Waals surface area contributed by atoms with Gasteiger partial charge in [0.05, 0.1) is 5.41 Å². The molecule has 0 saturated heterocycles. The van der Waals surface area contributed by atoms with E-state index in [2.05, 4.69) is 32.9 Å². The second-order valence-electron chi connectivity index (χ2n) is 5.74. The summed E-state index contributed by atoms with van der Waals surface area (Å²) in [7, 11) is 0. The highest BCUT2D eigenvalue weighted by atomic mass is 16.1. The molecule has 0 unspecified atom stereocenters. The molecule has 1 aromatic rings. The first-order chi connectivity index (χ1) is 7.38. The molecule has 1 aliphatic rings. The number of rotatable bonds is 2. The highest BCUT2D eigenvalue weighted by Gasteiger charge is 2.51. The van der Waals surface area contributed by atoms with Crippen molar-refractivity contribution in [1.29, 1.82) is 0 Å². The van der Waals surface area contributed by atoms with E-state index in [1.165, 1.54) is 5.56 Å². The van der Waals surface area contributed by atoms with Gasteiger partial charge in [0.15, 0.2) is 0 Å². The number of primary amides is 1. The smallest absolute Gasteiger partial charge is 0.228 e. The van der Waals surface area contributed by atoms with Crippen LogP contribution in [0.5, 0.6) is 0 Å². The molecule has 0 bridgehead atoms. The lowest BCUT2D eigenvalue weighted by Crippen LogP contribution is -2.31. The minimum absolute atomic E-state index is 0.0572. The highest BCUT2D eigenvalue weighted by molar-refractivity contribution is 5.90. The van der Waals surface area contributed by atoms with E-state index in [-0.39, 0.29) is 16.7 Å². The van der Waals surface area contributed by atoms with Gasteiger partial charge in [0.2, 0.25) is 5.91 Å². The number of nitrogens with two attached hydrogens (primary N) is 1. The van der Waals surface area contributed by atoms with E-state index in [1.54, 1.807) is 0 Å². The van der Waals surface area contributed by atoms with Gasteiger partial charge in [-0.2, -0.15) is 0 Å². The Kier molecular flexibility index (Phi) is 2.33. The predicted molar refractivity (Wildman–Crippen MR) is 65.2 cm³/mol. The monoisotopic (exact) mass is 217 g/mol. The van der Waals surface area contributed by atoms with Gasteiger partial charge in [-0.3, -0.25) is 4.79 Å². The van der Waals surface area contributed by atoms with Crippen molar-refractivity contribution in [2.45, 2.75) is 44.4 Å². The third-order valence-electron chi connectivity index (χ3n) is 3.47. The quantitative estimate of drug-likeness (QED) is 0.812. The zero-order chi connectivity index (χ0) is 12.0. The van der Waals surface area contributed by atoms with Crippen LogP contribution in [-0.4, -0.2) is 5.91 Å². The fraction of sp³-hybridized carbons (Fsp3) is 0.500. The molecule has 2 heteroatoms. The molecule has 1 fully saturated rings. The van der Waals surface area contributed by atoms with Gasteiger partial charge in [0, 0.05) is 0 Å². The Morgan fingerprint density at radius 1 is 1.25 bits per heavy atom. The summed E-state index contributed by atoms with van der Waals surface area (Å²) in [6, 6.07) is 8.19. The fourth-order valence-electron chi connectivity index (χ4n) is 2.33. The molecule has 2 rings (SSSR count). The minimum atomic E-state index is -0.371. The molecule has 1 amide bonds. The average molecular weight is 217 g/mol. The minimum Gasteiger partial charge on any atom is -0.369 e. The first-order valence-electron chi connectivity index (χ1n) is 5.78. The number of carbonyl (C=O) groups is 1. The molecule has 0 aromatic heterocycles. The summed E-state index contributed by atoms with van der Waals surface area (Å²) in [5.41, 5.74) is 7.60. The zero-order valence-electron chi connectivity index (χ0n) is 10.2. The van der Waals surface area contributed by atoms with Crippen LogP contribution < -0.4 is 5.73 Å². The van der Waals surface area contributed by atoms with Gasteiger partial charge in [-0.25, -0.2) is 0 Å². The lowest BCUT2D eigenvalue weighted by Gasteiger charge is -2.26. The zero-order valence-corrected chi connectivity index (χ0v) is 10.2. The first kappa shape index (κ1) is 11.2. The lowest BCUT2D eigenvalue weighted by atomic mass is 9.78. The molecular weight excluding hydrogens is 198 g/mol. The molecule has 2 nitrogen and oxygen atoms in total. The van der Waals surface area contributed by atoms with Crippen LogP contribution in [0.15, 0.2) is 24.3 Å². The largest absolute Gasteiger partial charge is 0.369 e. The van der Waals surface area contributed by atoms with E-state index in [9.17, 15) is 4.79 Å². The average Bonchev–Trinajstić information content (AvgIpc) is 2.97. The predicted octanol–water partition coefficient (Wildman–Crippen LogP) is 2.50. The van der Waals surface area contributed by atoms with Gasteiger partial charge < -0.3 is 5.73 Å². The Hall–Kier alpha value is -1.31. The normalized spacial score (nSPS) is 18.2. The van der Waals surface area contributed by atoms with E-state index >= 15 is 0 Å². The summed E-state index contributed by atoms with van der Waals surface area (Å²) in [4.78, 5) is 11.6. The van der Waals surface area contributed by atoms with Crippen molar-refractivity contribution in [3.8, 4) is 0 Å². The van der Waals surface area contributed by atoms with Gasteiger partial charge >= 0.3 is 0 Å². The van der Waals surface area contributed by atoms with Crippen LogP contribution in [0.1, 0.15) is 44.7 Å². The Bertz CT molecular complexity index is 425. The van der Waals surface area contributed by atoms with Crippen LogP contribution in [0, 0.1) is 0 Å². The molecule has 0 radical (unpaired) electrons. The van der Waals surface area contributed by atoms with Crippen molar-refractivity contribution in [2.75, 3.05) is 0 Å². The summed E-state index contributed by atoms with van der Waals surface area (Å²) >= 11 is 0. The molecule has 1 saturated carbocycles. The summed E-state index contributed by atoms with van der Waals surface area (Å²) in [6.45, 7) is 6.51. The molecule has 0 spiro atoms. The van der Waals surface area contributed by atoms with Crippen molar-refractivity contribution in [1.82, 2.24) is 0 Å². The second-order valence-corrected chi connectivity index (χ2v) is 5.74. The maximum absolute atomic E-state index is 11.6. The molecule has 0 aliphatic heterocycles. The van der Waals surface area contributed by atoms with Gasteiger partial charge in [0.25, 0.3) is 0 Å². The van der Waals surface area contributed by atoms with Crippen molar-refractivity contribution < 1.29 is 4.79 Å². The number of carbonyl (C=O) groups excluding carboxylic acids is 1. The Morgan fingerprint density at radius 2 is 1.81 bits per heavy atom. The van der Waals surface area contributed by atoms with E-state index in [4.69, 9.17) is 5.73 Å². The summed E-state index contributed by atoms with van der Waals surface area (Å²) in [6.07, 6.45) is 1.80. The van der Waals surface area contributed by atoms with E-state index in [0.717, 1.165) is 18.4 Å². The van der Waals surface area contributed by atoms with Gasteiger partial charge in [-0.15, -0.1) is 0 Å². The molecule has 0 atom stereocenters. The SMILES string of the molecule is CC(C)(C)c1ccccc1C1(C(N)=O)CC1.